The van der Waals surface area contributed by atoms with Gasteiger partial charge >= 0.3 is 5.97 Å². The summed E-state index contributed by atoms with van der Waals surface area (Å²) in [7, 11) is 1.30. The van der Waals surface area contributed by atoms with Gasteiger partial charge in [0.25, 0.3) is 0 Å². The van der Waals surface area contributed by atoms with E-state index in [1.165, 1.54) is 30.2 Å². The number of anilines is 1. The standard InChI is InChI=1S/C21H22Cl2N4O4S2/c1-3-27-17(5-4-9-31-16-7-6-13(22)11-15(16)23)25-26-21(27)33-12-18(28)24-19-14(8-10-32-19)20(29)30-2/h6-8,10-11H,3-5,9,12H2,1-2H3,(H,24,28). The first-order valence-corrected chi connectivity index (χ1v) is 12.6. The zero-order valence-corrected chi connectivity index (χ0v) is 21.1. The van der Waals surface area contributed by atoms with Crippen molar-refractivity contribution >= 4 is 63.2 Å². The van der Waals surface area contributed by atoms with E-state index in [2.05, 4.69) is 15.5 Å². The highest BCUT2D eigenvalue weighted by Crippen LogP contribution is 2.28. The maximum atomic E-state index is 12.4. The lowest BCUT2D eigenvalue weighted by atomic mass is 10.3. The smallest absolute Gasteiger partial charge is 0.340 e. The maximum Gasteiger partial charge on any atom is 0.340 e. The molecule has 0 aliphatic heterocycles. The number of halogens is 2. The van der Waals surface area contributed by atoms with E-state index in [1.807, 2.05) is 11.5 Å². The summed E-state index contributed by atoms with van der Waals surface area (Å²) in [5.74, 6) is 0.804. The molecule has 0 saturated carbocycles. The molecule has 0 radical (unpaired) electrons. The Morgan fingerprint density at radius 1 is 1.24 bits per heavy atom. The van der Waals surface area contributed by atoms with Crippen LogP contribution in [0.4, 0.5) is 5.00 Å². The fraction of sp³-hybridized carbons (Fsp3) is 0.333. The van der Waals surface area contributed by atoms with Crippen LogP contribution in [0.5, 0.6) is 5.75 Å². The second-order valence-electron chi connectivity index (χ2n) is 6.66. The third-order valence-electron chi connectivity index (χ3n) is 4.46. The molecule has 0 atom stereocenters. The molecule has 176 valence electrons. The molecule has 3 aromatic rings. The zero-order chi connectivity index (χ0) is 23.8. The molecule has 0 unspecified atom stereocenters. The van der Waals surface area contributed by atoms with Crippen molar-refractivity contribution in [1.82, 2.24) is 14.8 Å². The number of carbonyl (C=O) groups excluding carboxylic acids is 2. The zero-order valence-electron chi connectivity index (χ0n) is 18.0. The Morgan fingerprint density at radius 3 is 2.79 bits per heavy atom. The topological polar surface area (TPSA) is 95.3 Å². The van der Waals surface area contributed by atoms with E-state index in [0.717, 1.165) is 12.2 Å². The number of thioether (sulfide) groups is 1. The normalized spacial score (nSPS) is 10.8. The van der Waals surface area contributed by atoms with Crippen LogP contribution in [-0.2, 0) is 22.5 Å². The summed E-state index contributed by atoms with van der Waals surface area (Å²) in [6, 6.07) is 6.72. The number of hydrogen-bond acceptors (Lipinski definition) is 8. The van der Waals surface area contributed by atoms with Gasteiger partial charge in [0.15, 0.2) is 5.16 Å². The van der Waals surface area contributed by atoms with Crippen LogP contribution in [0.2, 0.25) is 10.0 Å². The summed E-state index contributed by atoms with van der Waals surface area (Å²) in [6.45, 7) is 3.13. The minimum Gasteiger partial charge on any atom is -0.492 e. The maximum absolute atomic E-state index is 12.4. The van der Waals surface area contributed by atoms with E-state index in [0.29, 0.717) is 51.1 Å². The van der Waals surface area contributed by atoms with Gasteiger partial charge in [0.05, 0.1) is 30.1 Å². The molecule has 1 aromatic carbocycles. The van der Waals surface area contributed by atoms with Gasteiger partial charge < -0.3 is 19.4 Å². The SMILES string of the molecule is CCn1c(CCCOc2ccc(Cl)cc2Cl)nnc1SCC(=O)Nc1sccc1C(=O)OC. The summed E-state index contributed by atoms with van der Waals surface area (Å²) in [4.78, 5) is 24.1. The van der Waals surface area contributed by atoms with E-state index < -0.39 is 5.97 Å². The highest BCUT2D eigenvalue weighted by molar-refractivity contribution is 7.99. The minimum atomic E-state index is -0.489. The van der Waals surface area contributed by atoms with E-state index >= 15 is 0 Å². The molecule has 33 heavy (non-hydrogen) atoms. The van der Waals surface area contributed by atoms with Crippen LogP contribution in [0.15, 0.2) is 34.8 Å². The Labute approximate surface area is 209 Å². The molecule has 0 saturated heterocycles. The second-order valence-corrected chi connectivity index (χ2v) is 9.36. The average Bonchev–Trinajstić information content (AvgIpc) is 3.42. The molecule has 3 rings (SSSR count). The molecular formula is C21H22Cl2N4O4S2. The molecule has 2 aromatic heterocycles. The molecule has 0 spiro atoms. The van der Waals surface area contributed by atoms with Gasteiger partial charge in [0.2, 0.25) is 5.91 Å². The molecule has 8 nitrogen and oxygen atoms in total. The number of aryl methyl sites for hydroxylation is 1. The first kappa shape index (κ1) is 25.4. The number of aromatic nitrogens is 3. The first-order valence-electron chi connectivity index (χ1n) is 10.0. The van der Waals surface area contributed by atoms with E-state index in [9.17, 15) is 9.59 Å². The predicted octanol–water partition coefficient (Wildman–Crippen LogP) is 5.20. The summed E-state index contributed by atoms with van der Waals surface area (Å²) >= 11 is 14.6. The highest BCUT2D eigenvalue weighted by Gasteiger charge is 2.17. The third kappa shape index (κ3) is 6.86. The van der Waals surface area contributed by atoms with Crippen LogP contribution in [0, 0.1) is 0 Å². The molecule has 0 aliphatic carbocycles. The summed E-state index contributed by atoms with van der Waals surface area (Å²) in [5, 5.41) is 15.1. The Kier molecular flexibility index (Phi) is 9.42. The quantitative estimate of drug-likeness (QED) is 0.207. The molecule has 2 heterocycles. The molecule has 0 bridgehead atoms. The fourth-order valence-electron chi connectivity index (χ4n) is 2.90. The molecular weight excluding hydrogens is 507 g/mol. The number of ether oxygens (including phenoxy) is 2. The van der Waals surface area contributed by atoms with Crippen molar-refractivity contribution in [3.8, 4) is 5.75 Å². The van der Waals surface area contributed by atoms with Gasteiger partial charge in [-0.15, -0.1) is 21.5 Å². The largest absolute Gasteiger partial charge is 0.492 e. The van der Waals surface area contributed by atoms with Crippen molar-refractivity contribution in [2.75, 3.05) is 24.8 Å². The molecule has 0 fully saturated rings. The predicted molar refractivity (Wildman–Crippen MR) is 131 cm³/mol. The number of nitrogens with one attached hydrogen (secondary N) is 1. The Balaban J connectivity index is 1.50. The van der Waals surface area contributed by atoms with Crippen molar-refractivity contribution in [2.45, 2.75) is 31.5 Å². The van der Waals surface area contributed by atoms with Crippen molar-refractivity contribution in [3.63, 3.8) is 0 Å². The van der Waals surface area contributed by atoms with Crippen molar-refractivity contribution < 1.29 is 19.1 Å². The Bertz CT molecular complexity index is 1120. The van der Waals surface area contributed by atoms with E-state index in [1.54, 1.807) is 29.6 Å². The van der Waals surface area contributed by atoms with Gasteiger partial charge in [0.1, 0.15) is 16.6 Å². The third-order valence-corrected chi connectivity index (χ3v) is 6.79. The Morgan fingerprint density at radius 2 is 2.06 bits per heavy atom. The average molecular weight is 529 g/mol. The number of esters is 1. The highest BCUT2D eigenvalue weighted by atomic mass is 35.5. The molecule has 1 amide bonds. The number of methoxy groups -OCH3 is 1. The fourth-order valence-corrected chi connectivity index (χ4v) is 4.98. The van der Waals surface area contributed by atoms with Crippen LogP contribution >= 0.6 is 46.3 Å². The molecule has 1 N–H and O–H groups in total. The van der Waals surface area contributed by atoms with Crippen LogP contribution in [-0.4, -0.2) is 46.1 Å². The van der Waals surface area contributed by atoms with Gasteiger partial charge in [-0.2, -0.15) is 0 Å². The van der Waals surface area contributed by atoms with Crippen LogP contribution in [0.25, 0.3) is 0 Å². The van der Waals surface area contributed by atoms with Gasteiger partial charge in [-0.1, -0.05) is 35.0 Å². The monoisotopic (exact) mass is 528 g/mol. The molecule has 0 aliphatic rings. The van der Waals surface area contributed by atoms with E-state index in [-0.39, 0.29) is 11.7 Å². The van der Waals surface area contributed by atoms with Gasteiger partial charge in [-0.25, -0.2) is 4.79 Å². The van der Waals surface area contributed by atoms with Crippen molar-refractivity contribution in [2.24, 2.45) is 0 Å². The second kappa shape index (κ2) is 12.3. The minimum absolute atomic E-state index is 0.134. The lowest BCUT2D eigenvalue weighted by molar-refractivity contribution is -0.113. The lowest BCUT2D eigenvalue weighted by Gasteiger charge is -2.09. The van der Waals surface area contributed by atoms with Gasteiger partial charge in [0, 0.05) is 18.0 Å². The first-order chi connectivity index (χ1) is 15.9. The van der Waals surface area contributed by atoms with Crippen LogP contribution in [0.1, 0.15) is 29.5 Å². The summed E-state index contributed by atoms with van der Waals surface area (Å²) in [6.07, 6.45) is 1.38. The van der Waals surface area contributed by atoms with Crippen LogP contribution < -0.4 is 10.1 Å². The number of thiophene rings is 1. The number of nitrogens with zero attached hydrogens (tertiary/aromatic N) is 3. The molecule has 12 heteroatoms. The summed E-state index contributed by atoms with van der Waals surface area (Å²) in [5.41, 5.74) is 0.335. The number of hydrogen-bond donors (Lipinski definition) is 1. The lowest BCUT2D eigenvalue weighted by Crippen LogP contribution is -2.16. The summed E-state index contributed by atoms with van der Waals surface area (Å²) < 4.78 is 12.4. The number of amides is 1. The van der Waals surface area contributed by atoms with Gasteiger partial charge in [-0.05, 0) is 43.0 Å². The number of carbonyl (C=O) groups is 2. The van der Waals surface area contributed by atoms with Crippen molar-refractivity contribution in [3.05, 3.63) is 51.1 Å². The Hall–Kier alpha value is -2.27. The number of rotatable bonds is 11. The van der Waals surface area contributed by atoms with Crippen LogP contribution in [0.3, 0.4) is 0 Å². The van der Waals surface area contributed by atoms with Gasteiger partial charge in [-0.3, -0.25) is 4.79 Å². The van der Waals surface area contributed by atoms with E-state index in [4.69, 9.17) is 32.7 Å². The van der Waals surface area contributed by atoms with Crippen molar-refractivity contribution in [1.29, 1.82) is 0 Å². The number of benzene rings is 1.